The summed E-state index contributed by atoms with van der Waals surface area (Å²) in [5.74, 6) is 0.337. The first-order valence-electron chi connectivity index (χ1n) is 4.60. The highest BCUT2D eigenvalue weighted by molar-refractivity contribution is 5.57. The number of hydrogen-bond acceptors (Lipinski definition) is 1. The van der Waals surface area contributed by atoms with Gasteiger partial charge in [0.1, 0.15) is 5.75 Å². The van der Waals surface area contributed by atoms with Gasteiger partial charge < -0.3 is 5.11 Å². The van der Waals surface area contributed by atoms with Crippen LogP contribution in [0.3, 0.4) is 0 Å². The van der Waals surface area contributed by atoms with Crippen LogP contribution in [0.25, 0.3) is 6.08 Å². The quantitative estimate of drug-likeness (QED) is 0.731. The largest absolute Gasteiger partial charge is 0.508 e. The Kier molecular flexibility index (Phi) is 3.13. The van der Waals surface area contributed by atoms with Crippen LogP contribution in [0.2, 0.25) is 0 Å². The lowest BCUT2D eigenvalue weighted by atomic mass is 10.0. The van der Waals surface area contributed by atoms with Crippen molar-refractivity contribution in [3.8, 4) is 5.75 Å². The second kappa shape index (κ2) is 4.13. The Bertz CT molecular complexity index is 324. The lowest BCUT2D eigenvalue weighted by molar-refractivity contribution is 0.475. The first-order chi connectivity index (χ1) is 6.13. The lowest BCUT2D eigenvalue weighted by Crippen LogP contribution is -1.81. The number of hydrogen-bond donors (Lipinski definition) is 1. The Morgan fingerprint density at radius 2 is 2.15 bits per heavy atom. The molecule has 1 N–H and O–H groups in total. The molecule has 1 aromatic carbocycles. The summed E-state index contributed by atoms with van der Waals surface area (Å²) >= 11 is 0. The molecule has 0 aliphatic heterocycles. The van der Waals surface area contributed by atoms with Crippen molar-refractivity contribution in [1.29, 1.82) is 0 Å². The van der Waals surface area contributed by atoms with Gasteiger partial charge in [-0.3, -0.25) is 0 Å². The molecule has 1 rings (SSSR count). The lowest BCUT2D eigenvalue weighted by Gasteiger charge is -2.02. The molecule has 0 atom stereocenters. The molecule has 0 unspecified atom stereocenters. The van der Waals surface area contributed by atoms with E-state index in [0.717, 1.165) is 12.0 Å². The maximum Gasteiger partial charge on any atom is 0.115 e. The van der Waals surface area contributed by atoms with E-state index in [1.54, 1.807) is 12.1 Å². The molecule has 1 aromatic rings. The fourth-order valence-electron chi connectivity index (χ4n) is 1.19. The fraction of sp³-hybridized carbons (Fsp3) is 0.333. The van der Waals surface area contributed by atoms with E-state index in [1.165, 1.54) is 11.1 Å². The van der Waals surface area contributed by atoms with Crippen LogP contribution in [0.5, 0.6) is 5.75 Å². The molecule has 0 aliphatic rings. The van der Waals surface area contributed by atoms with Crippen LogP contribution >= 0.6 is 0 Å². The summed E-state index contributed by atoms with van der Waals surface area (Å²) in [6, 6.07) is 5.46. The van der Waals surface area contributed by atoms with Crippen molar-refractivity contribution in [3.05, 3.63) is 34.9 Å². The summed E-state index contributed by atoms with van der Waals surface area (Å²) in [4.78, 5) is 0. The minimum atomic E-state index is 0.337. The average molecular weight is 176 g/mol. The SMILES string of the molecule is CC/C(C)=C\c1ccc(O)cc1C. The van der Waals surface area contributed by atoms with E-state index >= 15 is 0 Å². The molecule has 0 saturated carbocycles. The Labute approximate surface area is 79.7 Å². The average Bonchev–Trinajstić information content (AvgIpc) is 2.09. The van der Waals surface area contributed by atoms with Crippen LogP contribution in [0.15, 0.2) is 23.8 Å². The molecule has 1 nitrogen and oxygen atoms in total. The molecule has 0 spiro atoms. The van der Waals surface area contributed by atoms with Gasteiger partial charge in [-0.25, -0.2) is 0 Å². The van der Waals surface area contributed by atoms with Crippen molar-refractivity contribution < 1.29 is 5.11 Å². The van der Waals surface area contributed by atoms with Gasteiger partial charge in [-0.1, -0.05) is 24.6 Å². The monoisotopic (exact) mass is 176 g/mol. The van der Waals surface area contributed by atoms with E-state index in [0.29, 0.717) is 5.75 Å². The third-order valence-corrected chi connectivity index (χ3v) is 2.21. The third-order valence-electron chi connectivity index (χ3n) is 2.21. The Morgan fingerprint density at radius 1 is 1.46 bits per heavy atom. The van der Waals surface area contributed by atoms with Crippen LogP contribution in [-0.2, 0) is 0 Å². The van der Waals surface area contributed by atoms with Gasteiger partial charge in [-0.05, 0) is 43.5 Å². The molecule has 0 heterocycles. The van der Waals surface area contributed by atoms with Crippen molar-refractivity contribution in [2.45, 2.75) is 27.2 Å². The van der Waals surface area contributed by atoms with Gasteiger partial charge in [-0.2, -0.15) is 0 Å². The molecular formula is C12H16O. The first-order valence-corrected chi connectivity index (χ1v) is 4.60. The van der Waals surface area contributed by atoms with E-state index in [-0.39, 0.29) is 0 Å². The molecule has 70 valence electrons. The highest BCUT2D eigenvalue weighted by atomic mass is 16.3. The van der Waals surface area contributed by atoms with Crippen molar-refractivity contribution in [2.24, 2.45) is 0 Å². The summed E-state index contributed by atoms with van der Waals surface area (Å²) in [7, 11) is 0. The Morgan fingerprint density at radius 3 is 2.69 bits per heavy atom. The van der Waals surface area contributed by atoms with Crippen LogP contribution in [0.1, 0.15) is 31.4 Å². The molecule has 13 heavy (non-hydrogen) atoms. The Balaban J connectivity index is 3.03. The number of aromatic hydroxyl groups is 1. The standard InChI is InChI=1S/C12H16O/c1-4-9(2)7-11-5-6-12(13)8-10(11)3/h5-8,13H,4H2,1-3H3/b9-7-. The van der Waals surface area contributed by atoms with Gasteiger partial charge in [0.05, 0.1) is 0 Å². The van der Waals surface area contributed by atoms with E-state index < -0.39 is 0 Å². The third kappa shape index (κ3) is 2.62. The summed E-state index contributed by atoms with van der Waals surface area (Å²) in [6.07, 6.45) is 3.23. The summed E-state index contributed by atoms with van der Waals surface area (Å²) < 4.78 is 0. The highest BCUT2D eigenvalue weighted by Gasteiger charge is 1.96. The molecule has 0 bridgehead atoms. The molecule has 1 heteroatoms. The number of rotatable bonds is 2. The molecule has 0 saturated heterocycles. The number of allylic oxidation sites excluding steroid dienone is 1. The maximum atomic E-state index is 9.21. The molecule has 0 fully saturated rings. The van der Waals surface area contributed by atoms with E-state index in [1.807, 2.05) is 13.0 Å². The maximum absolute atomic E-state index is 9.21. The Hall–Kier alpha value is -1.24. The predicted molar refractivity (Wildman–Crippen MR) is 56.8 cm³/mol. The zero-order valence-electron chi connectivity index (χ0n) is 8.46. The highest BCUT2D eigenvalue weighted by Crippen LogP contribution is 2.18. The number of aryl methyl sites for hydroxylation is 1. The molecular weight excluding hydrogens is 160 g/mol. The number of benzene rings is 1. The van der Waals surface area contributed by atoms with Gasteiger partial charge in [0.15, 0.2) is 0 Å². The molecule has 0 amide bonds. The van der Waals surface area contributed by atoms with Gasteiger partial charge in [0.25, 0.3) is 0 Å². The normalized spacial score (nSPS) is 11.8. The van der Waals surface area contributed by atoms with Crippen LogP contribution in [0.4, 0.5) is 0 Å². The minimum Gasteiger partial charge on any atom is -0.508 e. The summed E-state index contributed by atoms with van der Waals surface area (Å²) in [6.45, 7) is 6.27. The van der Waals surface area contributed by atoms with E-state index in [4.69, 9.17) is 0 Å². The molecule has 0 radical (unpaired) electrons. The van der Waals surface area contributed by atoms with Crippen molar-refractivity contribution in [3.63, 3.8) is 0 Å². The van der Waals surface area contributed by atoms with Gasteiger partial charge in [0, 0.05) is 0 Å². The first kappa shape index (κ1) is 9.85. The van der Waals surface area contributed by atoms with Crippen LogP contribution in [-0.4, -0.2) is 5.11 Å². The number of phenols is 1. The predicted octanol–water partition coefficient (Wildman–Crippen LogP) is 3.51. The van der Waals surface area contributed by atoms with Gasteiger partial charge in [-0.15, -0.1) is 0 Å². The second-order valence-electron chi connectivity index (χ2n) is 3.39. The van der Waals surface area contributed by atoms with Gasteiger partial charge >= 0.3 is 0 Å². The van der Waals surface area contributed by atoms with Crippen molar-refractivity contribution >= 4 is 6.08 Å². The molecule has 0 aliphatic carbocycles. The van der Waals surface area contributed by atoms with Crippen molar-refractivity contribution in [2.75, 3.05) is 0 Å². The number of phenolic OH excluding ortho intramolecular Hbond substituents is 1. The molecule has 0 aromatic heterocycles. The second-order valence-corrected chi connectivity index (χ2v) is 3.39. The van der Waals surface area contributed by atoms with E-state index in [9.17, 15) is 5.11 Å². The van der Waals surface area contributed by atoms with Crippen LogP contribution in [0, 0.1) is 6.92 Å². The van der Waals surface area contributed by atoms with Crippen LogP contribution < -0.4 is 0 Å². The topological polar surface area (TPSA) is 20.2 Å². The fourth-order valence-corrected chi connectivity index (χ4v) is 1.19. The minimum absolute atomic E-state index is 0.337. The summed E-state index contributed by atoms with van der Waals surface area (Å²) in [5, 5.41) is 9.21. The van der Waals surface area contributed by atoms with Crippen molar-refractivity contribution in [1.82, 2.24) is 0 Å². The zero-order valence-corrected chi connectivity index (χ0v) is 8.46. The zero-order chi connectivity index (χ0) is 9.84. The smallest absolute Gasteiger partial charge is 0.115 e. The van der Waals surface area contributed by atoms with Gasteiger partial charge in [0.2, 0.25) is 0 Å². The van der Waals surface area contributed by atoms with E-state index in [2.05, 4.69) is 19.9 Å². The summed E-state index contributed by atoms with van der Waals surface area (Å²) in [5.41, 5.74) is 3.67.